The summed E-state index contributed by atoms with van der Waals surface area (Å²) in [5.41, 5.74) is 5.51. The summed E-state index contributed by atoms with van der Waals surface area (Å²) in [6.07, 6.45) is 8.45. The molecule has 0 aromatic rings. The van der Waals surface area contributed by atoms with E-state index in [0.717, 1.165) is 12.8 Å². The van der Waals surface area contributed by atoms with Crippen LogP contribution in [0.25, 0.3) is 0 Å². The molecule has 0 aliphatic carbocycles. The second-order valence-corrected chi connectivity index (χ2v) is 7.53. The van der Waals surface area contributed by atoms with E-state index in [2.05, 4.69) is 11.9 Å². The molecule has 0 aromatic heterocycles. The summed E-state index contributed by atoms with van der Waals surface area (Å²) < 4.78 is 29.4. The molecule has 0 saturated carbocycles. The van der Waals surface area contributed by atoms with Crippen molar-refractivity contribution in [2.75, 3.05) is 12.3 Å². The van der Waals surface area contributed by atoms with E-state index in [1.165, 1.54) is 32.1 Å². The first kappa shape index (κ1) is 17.7. The van der Waals surface area contributed by atoms with Crippen molar-refractivity contribution in [2.45, 2.75) is 51.9 Å². The predicted molar refractivity (Wildman–Crippen MR) is 78.5 cm³/mol. The Labute approximate surface area is 114 Å². The van der Waals surface area contributed by atoms with Gasteiger partial charge in [-0.25, -0.2) is 0 Å². The Morgan fingerprint density at radius 2 is 1.72 bits per heavy atom. The normalized spacial score (nSPS) is 12.9. The minimum atomic E-state index is -4.01. The van der Waals surface area contributed by atoms with Crippen LogP contribution in [0.15, 0.2) is 4.99 Å². The molecule has 7 heteroatoms. The average molecular weight is 296 g/mol. The Hall–Kier alpha value is -0.270. The Bertz CT molecular complexity index is 329. The maximum atomic E-state index is 10.4. The number of nitrogens with two attached hydrogens (primary N) is 1. The molecular formula is C11H24N2O3S2. The van der Waals surface area contributed by atoms with Crippen LogP contribution in [-0.2, 0) is 9.15 Å². The van der Waals surface area contributed by atoms with Crippen LogP contribution < -0.4 is 5.73 Å². The molecule has 0 amide bonds. The van der Waals surface area contributed by atoms with Gasteiger partial charge in [0.05, 0.1) is 5.75 Å². The largest absolute Gasteiger partial charge is 0.387 e. The van der Waals surface area contributed by atoms with E-state index in [1.54, 1.807) is 0 Å². The van der Waals surface area contributed by atoms with Gasteiger partial charge in [0.1, 0.15) is 5.84 Å². The molecule has 0 aliphatic heterocycles. The maximum Gasteiger partial charge on any atom is 0.320 e. The molecule has 0 bridgehead atoms. The smallest absolute Gasteiger partial charge is 0.320 e. The van der Waals surface area contributed by atoms with E-state index in [0.29, 0.717) is 17.3 Å². The summed E-state index contributed by atoms with van der Waals surface area (Å²) in [4.78, 5) is 4.06. The van der Waals surface area contributed by atoms with E-state index in [-0.39, 0.29) is 11.6 Å². The molecule has 108 valence electrons. The van der Waals surface area contributed by atoms with Gasteiger partial charge in [0.2, 0.25) is 0 Å². The zero-order valence-electron chi connectivity index (χ0n) is 11.0. The highest BCUT2D eigenvalue weighted by molar-refractivity contribution is 8.70. The topological polar surface area (TPSA) is 92.8 Å². The molecule has 3 N–H and O–H groups in total. The van der Waals surface area contributed by atoms with Crippen LogP contribution >= 0.6 is 10.8 Å². The molecule has 0 saturated heterocycles. The number of rotatable bonds is 11. The average Bonchev–Trinajstić information content (AvgIpc) is 2.29. The highest BCUT2D eigenvalue weighted by Crippen LogP contribution is 2.09. The lowest BCUT2D eigenvalue weighted by molar-refractivity contribution is 0.503. The zero-order chi connectivity index (χ0) is 13.9. The van der Waals surface area contributed by atoms with Crippen LogP contribution in [0.4, 0.5) is 0 Å². The van der Waals surface area contributed by atoms with Crippen molar-refractivity contribution < 1.29 is 13.0 Å². The van der Waals surface area contributed by atoms with Crippen molar-refractivity contribution in [3.63, 3.8) is 0 Å². The molecule has 0 atom stereocenters. The van der Waals surface area contributed by atoms with Crippen molar-refractivity contribution in [3.8, 4) is 0 Å². The first-order chi connectivity index (χ1) is 8.45. The summed E-state index contributed by atoms with van der Waals surface area (Å²) in [7, 11) is -3.62. The lowest BCUT2D eigenvalue weighted by Gasteiger charge is -2.01. The Morgan fingerprint density at radius 3 is 2.28 bits per heavy atom. The van der Waals surface area contributed by atoms with Crippen LogP contribution in [0, 0.1) is 0 Å². The maximum absolute atomic E-state index is 10.4. The van der Waals surface area contributed by atoms with Gasteiger partial charge in [-0.3, -0.25) is 9.55 Å². The molecule has 5 nitrogen and oxygen atoms in total. The van der Waals surface area contributed by atoms with E-state index in [1.807, 2.05) is 0 Å². The molecule has 0 aliphatic rings. The van der Waals surface area contributed by atoms with Crippen LogP contribution in [0.5, 0.6) is 0 Å². The molecule has 0 fully saturated rings. The van der Waals surface area contributed by atoms with E-state index in [4.69, 9.17) is 10.3 Å². The van der Waals surface area contributed by atoms with Gasteiger partial charge in [0.25, 0.3) is 0 Å². The summed E-state index contributed by atoms with van der Waals surface area (Å²) >= 11 is 0. The fourth-order valence-corrected chi connectivity index (χ4v) is 2.64. The van der Waals surface area contributed by atoms with Crippen LogP contribution in [-0.4, -0.2) is 31.1 Å². The number of amidine groups is 1. The van der Waals surface area contributed by atoms with Gasteiger partial charge in [-0.2, -0.15) is 8.42 Å². The molecule has 0 unspecified atom stereocenters. The third-order valence-electron chi connectivity index (χ3n) is 2.43. The summed E-state index contributed by atoms with van der Waals surface area (Å²) in [6.45, 7) is 2.83. The third-order valence-corrected chi connectivity index (χ3v) is 4.39. The predicted octanol–water partition coefficient (Wildman–Crippen LogP) is 2.63. The van der Waals surface area contributed by atoms with Crippen molar-refractivity contribution >= 4 is 25.8 Å². The second kappa shape index (κ2) is 10.6. The summed E-state index contributed by atoms with van der Waals surface area (Å²) in [6, 6.07) is 0. The lowest BCUT2D eigenvalue weighted by atomic mass is 10.1. The fraction of sp³-hybridized carbons (Fsp3) is 0.909. The Morgan fingerprint density at radius 1 is 1.17 bits per heavy atom. The fourth-order valence-electron chi connectivity index (χ4n) is 1.47. The minimum absolute atomic E-state index is 0.0231. The Kier molecular flexibility index (Phi) is 10.5. The number of aliphatic imine (C=N–C) groups is 1. The lowest BCUT2D eigenvalue weighted by Crippen LogP contribution is -2.16. The van der Waals surface area contributed by atoms with Crippen LogP contribution in [0.2, 0.25) is 0 Å². The molecule has 18 heavy (non-hydrogen) atoms. The van der Waals surface area contributed by atoms with Gasteiger partial charge in [0, 0.05) is 17.3 Å². The van der Waals surface area contributed by atoms with Crippen LogP contribution in [0.1, 0.15) is 51.9 Å². The minimum Gasteiger partial charge on any atom is -0.387 e. The van der Waals surface area contributed by atoms with Crippen LogP contribution in [0.3, 0.4) is 0 Å². The van der Waals surface area contributed by atoms with Gasteiger partial charge in [0.15, 0.2) is 0 Å². The molecule has 0 spiro atoms. The van der Waals surface area contributed by atoms with Gasteiger partial charge < -0.3 is 5.73 Å². The van der Waals surface area contributed by atoms with Crippen molar-refractivity contribution in [2.24, 2.45) is 10.7 Å². The summed E-state index contributed by atoms with van der Waals surface area (Å²) in [5.74, 6) is 0.290. The molecule has 0 rings (SSSR count). The second-order valence-electron chi connectivity index (χ2n) is 4.18. The van der Waals surface area contributed by atoms with Gasteiger partial charge >= 0.3 is 9.15 Å². The number of hydrogen-bond acceptors (Lipinski definition) is 4. The van der Waals surface area contributed by atoms with Crippen molar-refractivity contribution in [3.05, 3.63) is 0 Å². The monoisotopic (exact) mass is 296 g/mol. The van der Waals surface area contributed by atoms with Gasteiger partial charge in [-0.05, 0) is 6.42 Å². The molecule has 0 heterocycles. The first-order valence-corrected chi connectivity index (χ1v) is 9.30. The molecule has 0 aromatic carbocycles. The molecule has 0 radical (unpaired) electrons. The highest BCUT2D eigenvalue weighted by atomic mass is 33.1. The quantitative estimate of drug-likeness (QED) is 0.201. The SMILES string of the molecule is CCCCCCCCCN=C(N)CSS(=O)(=O)O. The number of hydrogen-bond donors (Lipinski definition) is 2. The first-order valence-electron chi connectivity index (χ1n) is 6.36. The Balaban J connectivity index is 3.45. The number of unbranched alkanes of at least 4 members (excludes halogenated alkanes) is 6. The van der Waals surface area contributed by atoms with E-state index in [9.17, 15) is 8.42 Å². The van der Waals surface area contributed by atoms with Gasteiger partial charge in [-0.15, -0.1) is 0 Å². The summed E-state index contributed by atoms with van der Waals surface area (Å²) in [5, 5.41) is 0. The number of nitrogens with zero attached hydrogens (tertiary/aromatic N) is 1. The van der Waals surface area contributed by atoms with E-state index < -0.39 is 9.15 Å². The highest BCUT2D eigenvalue weighted by Gasteiger charge is 2.05. The molecular weight excluding hydrogens is 272 g/mol. The standard InChI is InChI=1S/C11H24N2O3S2/c1-2-3-4-5-6-7-8-9-13-11(12)10-17-18(14,15)16/h2-10H2,1H3,(H2,12,13)(H,14,15,16). The van der Waals surface area contributed by atoms with E-state index >= 15 is 0 Å². The van der Waals surface area contributed by atoms with Crippen molar-refractivity contribution in [1.82, 2.24) is 0 Å². The third kappa shape index (κ3) is 13.8. The van der Waals surface area contributed by atoms with Crippen molar-refractivity contribution in [1.29, 1.82) is 0 Å². The van der Waals surface area contributed by atoms with Gasteiger partial charge in [-0.1, -0.05) is 45.4 Å². The zero-order valence-corrected chi connectivity index (χ0v) is 12.6.